The van der Waals surface area contributed by atoms with Crippen LogP contribution in [0.25, 0.3) is 0 Å². The second kappa shape index (κ2) is 19.6. The lowest BCUT2D eigenvalue weighted by atomic mass is 9.93. The van der Waals surface area contributed by atoms with E-state index in [1.807, 2.05) is 36.4 Å². The SMILES string of the molecule is COCCCN1CCOc2ccc(COC3CNCC(OC(=O)CCCCON(O)O)C3OC3CCC(Oc4ccc(Cl)cc4)CC3)cc21. The van der Waals surface area contributed by atoms with Gasteiger partial charge < -0.3 is 38.6 Å². The summed E-state index contributed by atoms with van der Waals surface area (Å²) in [5.41, 5.74) is 2.07. The largest absolute Gasteiger partial charge is 0.490 e. The van der Waals surface area contributed by atoms with Crippen molar-refractivity contribution >= 4 is 23.3 Å². The van der Waals surface area contributed by atoms with Crippen LogP contribution in [0.3, 0.4) is 0 Å². The summed E-state index contributed by atoms with van der Waals surface area (Å²) in [6, 6.07) is 13.6. The van der Waals surface area contributed by atoms with E-state index >= 15 is 0 Å². The lowest BCUT2D eigenvalue weighted by Crippen LogP contribution is -2.58. The Labute approximate surface area is 293 Å². The fourth-order valence-electron chi connectivity index (χ4n) is 6.48. The Morgan fingerprint density at radius 1 is 1.00 bits per heavy atom. The van der Waals surface area contributed by atoms with Gasteiger partial charge in [0.25, 0.3) is 0 Å². The minimum atomic E-state index is -0.538. The topological polar surface area (TPSA) is 141 Å². The van der Waals surface area contributed by atoms with E-state index in [2.05, 4.69) is 21.1 Å². The van der Waals surface area contributed by atoms with Crippen LogP contribution in [0.1, 0.15) is 56.9 Å². The van der Waals surface area contributed by atoms with Crippen molar-refractivity contribution in [2.24, 2.45) is 0 Å². The number of carbonyl (C=O) groups excluding carboxylic acids is 1. The number of carbonyl (C=O) groups is 1. The molecule has 2 aliphatic heterocycles. The number of halogens is 1. The summed E-state index contributed by atoms with van der Waals surface area (Å²) in [7, 11) is 1.72. The van der Waals surface area contributed by atoms with Crippen LogP contribution in [0.2, 0.25) is 5.02 Å². The number of hydrogen-bond acceptors (Lipinski definition) is 13. The van der Waals surface area contributed by atoms with Crippen LogP contribution in [0.5, 0.6) is 11.5 Å². The van der Waals surface area contributed by atoms with Gasteiger partial charge in [0.05, 0.1) is 43.0 Å². The van der Waals surface area contributed by atoms with Crippen molar-refractivity contribution in [2.45, 2.75) is 88.5 Å². The van der Waals surface area contributed by atoms with Gasteiger partial charge in [0.15, 0.2) is 0 Å². The molecule has 3 aliphatic rings. The molecule has 0 spiro atoms. The molecule has 2 fully saturated rings. The van der Waals surface area contributed by atoms with Crippen molar-refractivity contribution in [3.05, 3.63) is 53.1 Å². The van der Waals surface area contributed by atoms with E-state index in [0.717, 1.165) is 67.9 Å². The highest BCUT2D eigenvalue weighted by Crippen LogP contribution is 2.34. The predicted octanol–water partition coefficient (Wildman–Crippen LogP) is 4.93. The molecule has 49 heavy (non-hydrogen) atoms. The van der Waals surface area contributed by atoms with E-state index in [1.54, 1.807) is 7.11 Å². The zero-order chi connectivity index (χ0) is 34.4. The average Bonchev–Trinajstić information content (AvgIpc) is 3.10. The minimum Gasteiger partial charge on any atom is -0.490 e. The third-order valence-electron chi connectivity index (χ3n) is 9.00. The molecule has 0 amide bonds. The molecule has 13 nitrogen and oxygen atoms in total. The van der Waals surface area contributed by atoms with Crippen molar-refractivity contribution in [2.75, 3.05) is 58.0 Å². The van der Waals surface area contributed by atoms with Crippen LogP contribution in [0.4, 0.5) is 5.69 Å². The molecule has 0 radical (unpaired) electrons. The number of anilines is 1. The molecule has 1 saturated carbocycles. The van der Waals surface area contributed by atoms with Gasteiger partial charge in [-0.05, 0) is 86.9 Å². The van der Waals surface area contributed by atoms with Gasteiger partial charge in [-0.2, -0.15) is 0 Å². The van der Waals surface area contributed by atoms with Gasteiger partial charge in [0, 0.05) is 44.8 Å². The molecule has 3 atom stereocenters. The highest BCUT2D eigenvalue weighted by atomic mass is 35.5. The molecule has 1 aliphatic carbocycles. The van der Waals surface area contributed by atoms with E-state index in [0.29, 0.717) is 50.8 Å². The van der Waals surface area contributed by atoms with Gasteiger partial charge in [-0.3, -0.25) is 20.0 Å². The van der Waals surface area contributed by atoms with Crippen LogP contribution in [-0.4, -0.2) is 105 Å². The van der Waals surface area contributed by atoms with Crippen LogP contribution in [-0.2, 0) is 35.2 Å². The average molecular weight is 708 g/mol. The number of hydrogen-bond donors (Lipinski definition) is 3. The molecule has 3 unspecified atom stereocenters. The summed E-state index contributed by atoms with van der Waals surface area (Å²) in [6.45, 7) is 4.48. The molecule has 272 valence electrons. The van der Waals surface area contributed by atoms with Gasteiger partial charge in [-0.1, -0.05) is 17.7 Å². The van der Waals surface area contributed by atoms with Gasteiger partial charge in [0.1, 0.15) is 36.4 Å². The van der Waals surface area contributed by atoms with Crippen molar-refractivity contribution < 1.29 is 48.5 Å². The standard InChI is InChI=1S/C35H50ClN3O10/c1-43-18-4-16-38-17-20-44-31-15-6-25(21-30(31)38)24-45-32-22-37-23-33(49-34(40)5-2-3-19-46-39(41)42)35(32)48-29-13-11-28(12-14-29)47-27-9-7-26(36)8-10-27/h6-10,15,21,28-29,32-33,35,37,41-42H,2-5,11-14,16-20,22-24H2,1H3. The Balaban J connectivity index is 1.20. The Kier molecular flexibility index (Phi) is 15.0. The van der Waals surface area contributed by atoms with Crippen molar-refractivity contribution in [1.29, 1.82) is 0 Å². The van der Waals surface area contributed by atoms with Crippen LogP contribution < -0.4 is 19.7 Å². The number of rotatable bonds is 18. The number of unbranched alkanes of at least 4 members (excludes halogenated alkanes) is 1. The molecular formula is C35H50ClN3O10. The summed E-state index contributed by atoms with van der Waals surface area (Å²) in [5.74, 6) is 1.32. The Morgan fingerprint density at radius 3 is 2.55 bits per heavy atom. The fraction of sp³-hybridized carbons (Fsp3) is 0.629. The summed E-state index contributed by atoms with van der Waals surface area (Å²) < 4.78 is 36.7. The van der Waals surface area contributed by atoms with Crippen LogP contribution in [0.15, 0.2) is 42.5 Å². The molecule has 2 heterocycles. The number of esters is 1. The normalized spacial score (nSPS) is 23.9. The smallest absolute Gasteiger partial charge is 0.306 e. The van der Waals surface area contributed by atoms with E-state index < -0.39 is 12.2 Å². The summed E-state index contributed by atoms with van der Waals surface area (Å²) in [4.78, 5) is 19.8. The third-order valence-corrected chi connectivity index (χ3v) is 9.25. The van der Waals surface area contributed by atoms with Crippen molar-refractivity contribution in [3.8, 4) is 11.5 Å². The number of piperidine rings is 1. The number of methoxy groups -OCH3 is 1. The van der Waals surface area contributed by atoms with Gasteiger partial charge in [-0.25, -0.2) is 0 Å². The number of nitrogens with zero attached hydrogens (tertiary/aromatic N) is 2. The van der Waals surface area contributed by atoms with Crippen molar-refractivity contribution in [3.63, 3.8) is 0 Å². The lowest BCUT2D eigenvalue weighted by molar-refractivity contribution is -0.492. The highest BCUT2D eigenvalue weighted by molar-refractivity contribution is 6.30. The van der Waals surface area contributed by atoms with Gasteiger partial charge in [0.2, 0.25) is 0 Å². The monoisotopic (exact) mass is 707 g/mol. The molecular weight excluding hydrogens is 658 g/mol. The summed E-state index contributed by atoms with van der Waals surface area (Å²) in [6.07, 6.45) is 4.03. The molecule has 5 rings (SSSR count). The Bertz CT molecular complexity index is 1280. The quantitative estimate of drug-likeness (QED) is 0.110. The molecule has 0 aromatic heterocycles. The lowest BCUT2D eigenvalue weighted by Gasteiger charge is -2.41. The highest BCUT2D eigenvalue weighted by Gasteiger charge is 2.40. The number of ether oxygens (including phenoxy) is 6. The molecule has 3 N–H and O–H groups in total. The summed E-state index contributed by atoms with van der Waals surface area (Å²) in [5, 5.41) is 21.1. The maximum absolute atomic E-state index is 12.9. The Morgan fingerprint density at radius 2 is 1.78 bits per heavy atom. The molecule has 2 aromatic carbocycles. The second-order valence-corrected chi connectivity index (χ2v) is 13.1. The fourth-order valence-corrected chi connectivity index (χ4v) is 6.61. The van der Waals surface area contributed by atoms with E-state index in [9.17, 15) is 4.79 Å². The number of nitrogens with one attached hydrogen (secondary N) is 1. The molecule has 1 saturated heterocycles. The zero-order valence-electron chi connectivity index (χ0n) is 28.2. The molecule has 2 aromatic rings. The zero-order valence-corrected chi connectivity index (χ0v) is 28.9. The van der Waals surface area contributed by atoms with E-state index in [4.69, 9.17) is 50.4 Å². The maximum atomic E-state index is 12.9. The van der Waals surface area contributed by atoms with E-state index in [-0.39, 0.29) is 42.7 Å². The molecule has 0 bridgehead atoms. The predicted molar refractivity (Wildman–Crippen MR) is 180 cm³/mol. The summed E-state index contributed by atoms with van der Waals surface area (Å²) >= 11 is 6.03. The first-order valence-electron chi connectivity index (χ1n) is 17.3. The van der Waals surface area contributed by atoms with Crippen molar-refractivity contribution in [1.82, 2.24) is 10.7 Å². The van der Waals surface area contributed by atoms with Crippen LogP contribution in [0, 0.1) is 0 Å². The number of benzene rings is 2. The third kappa shape index (κ3) is 11.9. The minimum absolute atomic E-state index is 0.0286. The van der Waals surface area contributed by atoms with Gasteiger partial charge >= 0.3 is 5.97 Å². The van der Waals surface area contributed by atoms with E-state index in [1.165, 1.54) is 0 Å². The molecule has 14 heteroatoms. The Hall–Kier alpha value is -2.72. The maximum Gasteiger partial charge on any atom is 0.306 e. The van der Waals surface area contributed by atoms with Crippen LogP contribution >= 0.6 is 11.6 Å². The first-order chi connectivity index (χ1) is 23.9. The second-order valence-electron chi connectivity index (χ2n) is 12.6. The first kappa shape index (κ1) is 37.5. The van der Waals surface area contributed by atoms with Gasteiger partial charge in [-0.15, -0.1) is 0 Å². The number of fused-ring (bicyclic) bond motifs is 1. The first-order valence-corrected chi connectivity index (χ1v) is 17.7.